The van der Waals surface area contributed by atoms with Crippen molar-refractivity contribution in [3.05, 3.63) is 21.7 Å². The summed E-state index contributed by atoms with van der Waals surface area (Å²) in [6, 6.07) is 1.19. The molecule has 0 aromatic heterocycles. The van der Waals surface area contributed by atoms with Gasteiger partial charge in [0.25, 0.3) is 0 Å². The number of aliphatic carboxylic acids is 1. The van der Waals surface area contributed by atoms with Gasteiger partial charge in [0, 0.05) is 6.04 Å². The van der Waals surface area contributed by atoms with Gasteiger partial charge in [-0.05, 0) is 40.0 Å². The molecule has 1 atom stereocenters. The number of hydrogen-bond acceptors (Lipinski definition) is 4. The monoisotopic (exact) mass is 301 g/mol. The molecule has 6 heteroatoms. The van der Waals surface area contributed by atoms with E-state index in [0.29, 0.717) is 11.5 Å². The second-order valence-corrected chi connectivity index (χ2v) is 4.64. The fraction of sp³-hybridized carbons (Fsp3) is 0.364. The Balaban J connectivity index is 2.41. The maximum Gasteiger partial charge on any atom is 0.305 e. The first-order valence-corrected chi connectivity index (χ1v) is 5.86. The molecular weight excluding hydrogens is 290 g/mol. The van der Waals surface area contributed by atoms with Crippen molar-refractivity contribution in [2.75, 3.05) is 6.79 Å². The first kappa shape index (κ1) is 12.2. The summed E-state index contributed by atoms with van der Waals surface area (Å²) in [6.07, 6.45) is -0.118. The highest BCUT2D eigenvalue weighted by Crippen LogP contribution is 2.43. The predicted octanol–water partition coefficient (Wildman–Crippen LogP) is 1.96. The Morgan fingerprint density at radius 2 is 2.35 bits per heavy atom. The van der Waals surface area contributed by atoms with Crippen LogP contribution in [0.25, 0.3) is 0 Å². The fourth-order valence-corrected chi connectivity index (χ4v) is 2.34. The van der Waals surface area contributed by atoms with Crippen LogP contribution in [0.1, 0.15) is 23.6 Å². The van der Waals surface area contributed by atoms with E-state index in [4.69, 9.17) is 20.3 Å². The summed E-state index contributed by atoms with van der Waals surface area (Å²) >= 11 is 3.41. The number of rotatable bonds is 3. The summed E-state index contributed by atoms with van der Waals surface area (Å²) in [7, 11) is 0. The van der Waals surface area contributed by atoms with Crippen LogP contribution < -0.4 is 15.2 Å². The van der Waals surface area contributed by atoms with Crippen molar-refractivity contribution in [3.63, 3.8) is 0 Å². The number of benzene rings is 1. The minimum atomic E-state index is -0.925. The molecule has 1 heterocycles. The number of nitrogens with two attached hydrogens (primary N) is 1. The number of carbonyl (C=O) groups is 1. The lowest BCUT2D eigenvalue weighted by molar-refractivity contribution is -0.137. The van der Waals surface area contributed by atoms with Gasteiger partial charge >= 0.3 is 5.97 Å². The van der Waals surface area contributed by atoms with Crippen LogP contribution >= 0.6 is 15.9 Å². The Morgan fingerprint density at radius 3 is 3.00 bits per heavy atom. The number of ether oxygens (including phenoxy) is 2. The minimum absolute atomic E-state index is 0.118. The van der Waals surface area contributed by atoms with Crippen LogP contribution in [0.4, 0.5) is 0 Å². The third-order valence-corrected chi connectivity index (χ3v) is 3.64. The van der Waals surface area contributed by atoms with E-state index in [2.05, 4.69) is 15.9 Å². The molecule has 5 nitrogen and oxygen atoms in total. The maximum absolute atomic E-state index is 10.7. The quantitative estimate of drug-likeness (QED) is 0.892. The van der Waals surface area contributed by atoms with Crippen LogP contribution in [0.5, 0.6) is 11.5 Å². The van der Waals surface area contributed by atoms with Crippen molar-refractivity contribution in [1.29, 1.82) is 0 Å². The van der Waals surface area contributed by atoms with Gasteiger partial charge in [-0.25, -0.2) is 0 Å². The lowest BCUT2D eigenvalue weighted by atomic mass is 9.99. The zero-order valence-corrected chi connectivity index (χ0v) is 10.8. The highest BCUT2D eigenvalue weighted by Gasteiger charge is 2.24. The largest absolute Gasteiger partial charge is 0.481 e. The summed E-state index contributed by atoms with van der Waals surface area (Å²) in [6.45, 7) is 2.04. The molecule has 17 heavy (non-hydrogen) atoms. The van der Waals surface area contributed by atoms with Gasteiger partial charge in [-0.3, -0.25) is 4.79 Å². The van der Waals surface area contributed by atoms with Crippen molar-refractivity contribution in [1.82, 2.24) is 0 Å². The number of carboxylic acid groups (broad SMARTS) is 1. The first-order valence-electron chi connectivity index (χ1n) is 5.06. The lowest BCUT2D eigenvalue weighted by Crippen LogP contribution is -2.16. The van der Waals surface area contributed by atoms with Crippen molar-refractivity contribution < 1.29 is 19.4 Å². The van der Waals surface area contributed by atoms with Crippen molar-refractivity contribution in [2.45, 2.75) is 19.4 Å². The topological polar surface area (TPSA) is 81.8 Å². The van der Waals surface area contributed by atoms with E-state index in [1.165, 1.54) is 0 Å². The molecule has 1 aliphatic heterocycles. The Morgan fingerprint density at radius 1 is 1.65 bits per heavy atom. The molecule has 1 unspecified atom stereocenters. The van der Waals surface area contributed by atoms with Crippen LogP contribution in [0, 0.1) is 6.92 Å². The van der Waals surface area contributed by atoms with E-state index in [1.807, 2.05) is 6.92 Å². The molecule has 0 aliphatic carbocycles. The molecule has 1 aliphatic rings. The van der Waals surface area contributed by atoms with E-state index in [0.717, 1.165) is 15.6 Å². The van der Waals surface area contributed by atoms with Crippen molar-refractivity contribution in [3.8, 4) is 11.5 Å². The lowest BCUT2D eigenvalue weighted by Gasteiger charge is -2.15. The number of carboxylic acids is 1. The zero-order valence-electron chi connectivity index (χ0n) is 9.20. The molecule has 0 saturated carbocycles. The molecule has 0 amide bonds. The molecule has 92 valence electrons. The third-order valence-electron chi connectivity index (χ3n) is 2.68. The highest BCUT2D eigenvalue weighted by atomic mass is 79.9. The Kier molecular flexibility index (Phi) is 3.26. The molecule has 2 rings (SSSR count). The van der Waals surface area contributed by atoms with Gasteiger partial charge in [-0.2, -0.15) is 0 Å². The van der Waals surface area contributed by atoms with Crippen LogP contribution in [0.15, 0.2) is 10.5 Å². The Hall–Kier alpha value is -1.27. The molecule has 1 aromatic rings. The molecule has 1 aromatic carbocycles. The third kappa shape index (κ3) is 2.23. The maximum atomic E-state index is 10.7. The fourth-order valence-electron chi connectivity index (χ4n) is 1.80. The minimum Gasteiger partial charge on any atom is -0.481 e. The van der Waals surface area contributed by atoms with Crippen molar-refractivity contribution >= 4 is 21.9 Å². The van der Waals surface area contributed by atoms with Crippen LogP contribution in [-0.4, -0.2) is 17.9 Å². The Labute approximate surface area is 107 Å². The molecule has 0 radical (unpaired) electrons. The van der Waals surface area contributed by atoms with Crippen LogP contribution in [-0.2, 0) is 4.79 Å². The molecule has 3 N–H and O–H groups in total. The average molecular weight is 302 g/mol. The van der Waals surface area contributed by atoms with E-state index in [-0.39, 0.29) is 13.2 Å². The number of hydrogen-bond donors (Lipinski definition) is 2. The average Bonchev–Trinajstić information content (AvgIpc) is 2.70. The Bertz CT molecular complexity index is 475. The highest BCUT2D eigenvalue weighted by molar-refractivity contribution is 9.10. The van der Waals surface area contributed by atoms with Gasteiger partial charge in [0.1, 0.15) is 0 Å². The molecule has 0 spiro atoms. The summed E-state index contributed by atoms with van der Waals surface area (Å²) in [4.78, 5) is 10.7. The summed E-state index contributed by atoms with van der Waals surface area (Å²) in [5.41, 5.74) is 7.49. The first-order chi connectivity index (χ1) is 8.00. The predicted molar refractivity (Wildman–Crippen MR) is 64.2 cm³/mol. The van der Waals surface area contributed by atoms with E-state index < -0.39 is 12.0 Å². The van der Waals surface area contributed by atoms with Gasteiger partial charge in [0.05, 0.1) is 10.9 Å². The number of halogens is 1. The number of fused-ring (bicyclic) bond motifs is 1. The summed E-state index contributed by atoms with van der Waals surface area (Å²) < 4.78 is 11.3. The zero-order chi connectivity index (χ0) is 12.6. The second-order valence-electron chi connectivity index (χ2n) is 3.84. The molecular formula is C11H12BrNO4. The van der Waals surface area contributed by atoms with Gasteiger partial charge in [-0.1, -0.05) is 0 Å². The smallest absolute Gasteiger partial charge is 0.305 e. The van der Waals surface area contributed by atoms with E-state index >= 15 is 0 Å². The SMILES string of the molecule is Cc1c(C(N)CC(=O)O)cc2c(c1Br)OCO2. The van der Waals surface area contributed by atoms with Gasteiger partial charge in [0.2, 0.25) is 6.79 Å². The van der Waals surface area contributed by atoms with E-state index in [9.17, 15) is 4.79 Å². The van der Waals surface area contributed by atoms with E-state index in [1.54, 1.807) is 6.07 Å². The van der Waals surface area contributed by atoms with Crippen molar-refractivity contribution in [2.24, 2.45) is 5.73 Å². The summed E-state index contributed by atoms with van der Waals surface area (Å²) in [5.74, 6) is 0.317. The normalized spacial score (nSPS) is 14.8. The second kappa shape index (κ2) is 4.54. The van der Waals surface area contributed by atoms with Crippen LogP contribution in [0.3, 0.4) is 0 Å². The van der Waals surface area contributed by atoms with Gasteiger partial charge in [0.15, 0.2) is 11.5 Å². The molecule has 0 fully saturated rings. The molecule has 0 saturated heterocycles. The van der Waals surface area contributed by atoms with Crippen LogP contribution in [0.2, 0.25) is 0 Å². The molecule has 0 bridgehead atoms. The van der Waals surface area contributed by atoms with Gasteiger partial charge in [-0.15, -0.1) is 0 Å². The standard InChI is InChI=1S/C11H12BrNO4/c1-5-6(7(13)3-9(14)15)2-8-11(10(5)12)17-4-16-8/h2,7H,3-4,13H2,1H3,(H,14,15). The summed E-state index contributed by atoms with van der Waals surface area (Å²) in [5, 5.41) is 8.75. The van der Waals surface area contributed by atoms with Gasteiger partial charge < -0.3 is 20.3 Å².